The highest BCUT2D eigenvalue weighted by molar-refractivity contribution is 5.99. The van der Waals surface area contributed by atoms with Crippen molar-refractivity contribution in [2.24, 2.45) is 0 Å². The van der Waals surface area contributed by atoms with E-state index in [1.165, 1.54) is 32.6 Å². The second-order valence-corrected chi connectivity index (χ2v) is 5.28. The molecule has 134 valence electrons. The van der Waals surface area contributed by atoms with Crippen LogP contribution in [0.25, 0.3) is 0 Å². The minimum Gasteiger partial charge on any atom is -0.396 e. The molecule has 0 saturated heterocycles. The average molecular weight is 341 g/mol. The van der Waals surface area contributed by atoms with E-state index in [1.807, 2.05) is 0 Å². The number of aliphatic hydroxyl groups is 4. The van der Waals surface area contributed by atoms with Crippen molar-refractivity contribution < 1.29 is 30.0 Å². The molecule has 4 N–H and O–H groups in total. The van der Waals surface area contributed by atoms with Crippen LogP contribution in [0.1, 0.15) is 33.6 Å². The monoisotopic (exact) mass is 341 g/mol. The Morgan fingerprint density at radius 1 is 0.958 bits per heavy atom. The van der Waals surface area contributed by atoms with E-state index in [1.54, 1.807) is 0 Å². The number of nitrogens with zero attached hydrogens (tertiary/aromatic N) is 3. The topological polar surface area (TPSA) is 134 Å². The number of aliphatic hydroxyl groups excluding tert-OH is 4. The van der Waals surface area contributed by atoms with Crippen molar-refractivity contribution in [2.45, 2.75) is 25.3 Å². The summed E-state index contributed by atoms with van der Waals surface area (Å²) in [4.78, 5) is 30.5. The van der Waals surface area contributed by atoms with E-state index in [4.69, 9.17) is 10.2 Å². The number of hydrogen-bond donors (Lipinski definition) is 4. The van der Waals surface area contributed by atoms with E-state index in [9.17, 15) is 19.8 Å². The number of hydrogen-bond acceptors (Lipinski definition) is 7. The number of aromatic nitrogens is 1. The number of carbonyl (C=O) groups is 2. The lowest BCUT2D eigenvalue weighted by Crippen LogP contribution is -2.38. The molecule has 9 heteroatoms. The quantitative estimate of drug-likeness (QED) is 0.428. The lowest BCUT2D eigenvalue weighted by Gasteiger charge is -2.24. The zero-order chi connectivity index (χ0) is 18.3. The Hall–Kier alpha value is -2.07. The number of carbonyl (C=O) groups excluding carboxylic acids is 2. The Kier molecular flexibility index (Phi) is 7.72. The summed E-state index contributed by atoms with van der Waals surface area (Å²) in [7, 11) is 2.74. The molecule has 2 amide bonds. The number of amides is 2. The molecule has 0 aliphatic carbocycles. The molecule has 1 aromatic rings. The summed E-state index contributed by atoms with van der Waals surface area (Å²) < 4.78 is 0. The molecule has 24 heavy (non-hydrogen) atoms. The summed E-state index contributed by atoms with van der Waals surface area (Å²) >= 11 is 0. The van der Waals surface area contributed by atoms with Crippen LogP contribution in [0.15, 0.2) is 18.5 Å². The van der Waals surface area contributed by atoms with Gasteiger partial charge >= 0.3 is 0 Å². The standard InChI is InChI=1S/C15H23N3O6/c1-17(12(21)3-5-19)14(23)10-7-11(9-16-8-10)15(24)18(2)13(22)4-6-20/h7-9,12-13,19-22H,3-6H2,1-2H3. The normalized spacial score (nSPS) is 13.2. The van der Waals surface area contributed by atoms with E-state index >= 15 is 0 Å². The highest BCUT2D eigenvalue weighted by Crippen LogP contribution is 2.12. The molecule has 2 atom stereocenters. The Labute approximate surface area is 139 Å². The van der Waals surface area contributed by atoms with Crippen molar-refractivity contribution in [3.05, 3.63) is 29.6 Å². The lowest BCUT2D eigenvalue weighted by molar-refractivity contribution is 0.00730. The first-order valence-electron chi connectivity index (χ1n) is 7.40. The molecule has 1 aromatic heterocycles. The van der Waals surface area contributed by atoms with Gasteiger partial charge in [0.1, 0.15) is 12.5 Å². The predicted octanol–water partition coefficient (Wildman–Crippen LogP) is -1.37. The third-order valence-electron chi connectivity index (χ3n) is 3.54. The predicted molar refractivity (Wildman–Crippen MR) is 83.8 cm³/mol. The van der Waals surface area contributed by atoms with Crippen LogP contribution in [0.4, 0.5) is 0 Å². The minimum atomic E-state index is -1.16. The molecule has 0 bridgehead atoms. The fourth-order valence-electron chi connectivity index (χ4n) is 1.97. The van der Waals surface area contributed by atoms with E-state index in [-0.39, 0.29) is 37.2 Å². The molecule has 9 nitrogen and oxygen atoms in total. The second-order valence-electron chi connectivity index (χ2n) is 5.28. The molecular formula is C15H23N3O6. The molecule has 2 unspecified atom stereocenters. The van der Waals surface area contributed by atoms with Crippen LogP contribution in [0.2, 0.25) is 0 Å². The molecule has 1 heterocycles. The molecule has 0 aliphatic heterocycles. The van der Waals surface area contributed by atoms with Gasteiger partial charge in [0, 0.05) is 52.5 Å². The summed E-state index contributed by atoms with van der Waals surface area (Å²) in [5, 5.41) is 37.1. The van der Waals surface area contributed by atoms with Crippen molar-refractivity contribution >= 4 is 11.8 Å². The van der Waals surface area contributed by atoms with Crippen molar-refractivity contribution in [3.63, 3.8) is 0 Å². The molecule has 0 fully saturated rings. The van der Waals surface area contributed by atoms with Gasteiger partial charge in [-0.1, -0.05) is 0 Å². The molecule has 1 rings (SSSR count). The second kappa shape index (κ2) is 9.28. The van der Waals surface area contributed by atoms with Crippen LogP contribution < -0.4 is 0 Å². The first-order valence-corrected chi connectivity index (χ1v) is 7.40. The van der Waals surface area contributed by atoms with Gasteiger partial charge in [-0.15, -0.1) is 0 Å². The van der Waals surface area contributed by atoms with Gasteiger partial charge in [0.2, 0.25) is 0 Å². The van der Waals surface area contributed by atoms with Crippen LogP contribution in [0.5, 0.6) is 0 Å². The van der Waals surface area contributed by atoms with Gasteiger partial charge in [-0.25, -0.2) is 0 Å². The highest BCUT2D eigenvalue weighted by atomic mass is 16.3. The summed E-state index contributed by atoms with van der Waals surface area (Å²) in [5.41, 5.74) is 0.177. The summed E-state index contributed by atoms with van der Waals surface area (Å²) in [6.07, 6.45) is 0.206. The van der Waals surface area contributed by atoms with Crippen molar-refractivity contribution in [1.29, 1.82) is 0 Å². The highest BCUT2D eigenvalue weighted by Gasteiger charge is 2.22. The summed E-state index contributed by atoms with van der Waals surface area (Å²) in [6.45, 7) is -0.549. The van der Waals surface area contributed by atoms with Gasteiger partial charge in [-0.05, 0) is 6.07 Å². The van der Waals surface area contributed by atoms with Crippen LogP contribution in [0.3, 0.4) is 0 Å². The maximum absolute atomic E-state index is 12.3. The largest absolute Gasteiger partial charge is 0.396 e. The Balaban J connectivity index is 2.93. The SMILES string of the molecule is CN(C(=O)c1cncc(C(=O)N(C)C(O)CCO)c1)C(O)CCO. The average Bonchev–Trinajstić information content (AvgIpc) is 2.59. The van der Waals surface area contributed by atoms with Gasteiger partial charge in [0.15, 0.2) is 0 Å². The van der Waals surface area contributed by atoms with Crippen molar-refractivity contribution in [1.82, 2.24) is 14.8 Å². The maximum atomic E-state index is 12.3. The summed E-state index contributed by atoms with van der Waals surface area (Å²) in [5.74, 6) is -1.12. The lowest BCUT2D eigenvalue weighted by atomic mass is 10.1. The molecule has 0 aliphatic rings. The molecular weight excluding hydrogens is 318 g/mol. The van der Waals surface area contributed by atoms with Gasteiger partial charge in [-0.2, -0.15) is 0 Å². The zero-order valence-corrected chi connectivity index (χ0v) is 13.7. The van der Waals surface area contributed by atoms with Gasteiger partial charge in [-0.3, -0.25) is 14.6 Å². The van der Waals surface area contributed by atoms with E-state index in [2.05, 4.69) is 4.98 Å². The van der Waals surface area contributed by atoms with Gasteiger partial charge in [0.05, 0.1) is 11.1 Å². The van der Waals surface area contributed by atoms with E-state index < -0.39 is 24.3 Å². The zero-order valence-electron chi connectivity index (χ0n) is 13.7. The van der Waals surface area contributed by atoms with Gasteiger partial charge < -0.3 is 30.2 Å². The van der Waals surface area contributed by atoms with Crippen molar-refractivity contribution in [3.8, 4) is 0 Å². The third-order valence-corrected chi connectivity index (χ3v) is 3.54. The van der Waals surface area contributed by atoms with Crippen LogP contribution >= 0.6 is 0 Å². The number of rotatable bonds is 8. The Morgan fingerprint density at radius 3 is 1.67 bits per heavy atom. The van der Waals surface area contributed by atoms with Crippen LogP contribution in [-0.4, -0.2) is 86.8 Å². The Bertz CT molecular complexity index is 523. The first kappa shape index (κ1) is 20.0. The number of pyridine rings is 1. The molecule has 0 radical (unpaired) electrons. The van der Waals surface area contributed by atoms with Gasteiger partial charge in [0.25, 0.3) is 11.8 Å². The van der Waals surface area contributed by atoms with E-state index in [0.717, 1.165) is 9.80 Å². The minimum absolute atomic E-state index is 0.00435. The fraction of sp³-hybridized carbons (Fsp3) is 0.533. The first-order chi connectivity index (χ1) is 11.3. The third kappa shape index (κ3) is 4.96. The summed E-state index contributed by atoms with van der Waals surface area (Å²) in [6, 6.07) is 1.31. The molecule has 0 saturated carbocycles. The molecule has 0 spiro atoms. The van der Waals surface area contributed by atoms with E-state index in [0.29, 0.717) is 0 Å². The fourth-order valence-corrected chi connectivity index (χ4v) is 1.97. The van der Waals surface area contributed by atoms with Crippen LogP contribution in [-0.2, 0) is 0 Å². The smallest absolute Gasteiger partial charge is 0.257 e. The molecule has 0 aromatic carbocycles. The van der Waals surface area contributed by atoms with Crippen LogP contribution in [0, 0.1) is 0 Å². The van der Waals surface area contributed by atoms with Crippen molar-refractivity contribution in [2.75, 3.05) is 27.3 Å². The maximum Gasteiger partial charge on any atom is 0.257 e. The Morgan fingerprint density at radius 2 is 1.33 bits per heavy atom.